The molecule has 1 aliphatic rings. The first-order valence-electron chi connectivity index (χ1n) is 7.16. The molecule has 0 spiro atoms. The Balaban J connectivity index is 2.08. The molecular weight excluding hydrogens is 238 g/mol. The third kappa shape index (κ3) is 3.09. The van der Waals surface area contributed by atoms with Crippen LogP contribution in [0.1, 0.15) is 50.6 Å². The smallest absolute Gasteiger partial charge is 0.225 e. The summed E-state index contributed by atoms with van der Waals surface area (Å²) in [5.41, 5.74) is 0.814. The first-order chi connectivity index (χ1) is 9.11. The number of hydrogen-bond donors (Lipinski definition) is 1. The molecule has 3 nitrogen and oxygen atoms in total. The van der Waals surface area contributed by atoms with E-state index in [-0.39, 0.29) is 23.6 Å². The van der Waals surface area contributed by atoms with Crippen molar-refractivity contribution in [2.24, 2.45) is 5.92 Å². The maximum absolute atomic E-state index is 12.5. The van der Waals surface area contributed by atoms with E-state index in [4.69, 9.17) is 0 Å². The predicted molar refractivity (Wildman–Crippen MR) is 75.9 cm³/mol. The Morgan fingerprint density at radius 2 is 1.89 bits per heavy atom. The van der Waals surface area contributed by atoms with E-state index in [1.54, 1.807) is 17.0 Å². The van der Waals surface area contributed by atoms with Crippen LogP contribution in [0.2, 0.25) is 0 Å². The zero-order valence-corrected chi connectivity index (χ0v) is 11.8. The number of aromatic hydroxyl groups is 1. The summed E-state index contributed by atoms with van der Waals surface area (Å²) in [7, 11) is 1.84. The van der Waals surface area contributed by atoms with Crippen molar-refractivity contribution in [3.63, 3.8) is 0 Å². The van der Waals surface area contributed by atoms with Crippen LogP contribution < -0.4 is 0 Å². The molecule has 1 saturated carbocycles. The molecule has 1 aromatic rings. The lowest BCUT2D eigenvalue weighted by molar-refractivity contribution is -0.137. The predicted octanol–water partition coefficient (Wildman–Crippen LogP) is 3.49. The van der Waals surface area contributed by atoms with Crippen molar-refractivity contribution >= 4 is 5.91 Å². The summed E-state index contributed by atoms with van der Waals surface area (Å²) in [6.07, 6.45) is 5.60. The summed E-state index contributed by atoms with van der Waals surface area (Å²) in [6, 6.07) is 7.16. The molecule has 0 heterocycles. The molecule has 104 valence electrons. The number of phenolic OH excluding ortho intramolecular Hbond substituents is 1. The first-order valence-corrected chi connectivity index (χ1v) is 7.16. The Kier molecular flexibility index (Phi) is 4.46. The maximum Gasteiger partial charge on any atom is 0.225 e. The molecule has 0 aromatic heterocycles. The van der Waals surface area contributed by atoms with Crippen LogP contribution in [0.15, 0.2) is 24.3 Å². The third-order valence-electron chi connectivity index (χ3n) is 4.27. The Morgan fingerprint density at radius 3 is 2.53 bits per heavy atom. The standard InChI is InChI=1S/C16H23NO2/c1-12(14-10-6-7-11-15(14)18)17(2)16(19)13-8-4-3-5-9-13/h6-7,10-13,18H,3-5,8-9H2,1-2H3. The number of amides is 1. The molecule has 0 saturated heterocycles. The second-order valence-corrected chi connectivity index (χ2v) is 5.52. The van der Waals surface area contributed by atoms with Gasteiger partial charge in [0.1, 0.15) is 5.75 Å². The summed E-state index contributed by atoms with van der Waals surface area (Å²) in [5, 5.41) is 9.88. The van der Waals surface area contributed by atoms with Crippen LogP contribution in [0.5, 0.6) is 5.75 Å². The molecule has 0 aliphatic heterocycles. The van der Waals surface area contributed by atoms with Gasteiger partial charge >= 0.3 is 0 Å². The zero-order valence-electron chi connectivity index (χ0n) is 11.8. The lowest BCUT2D eigenvalue weighted by atomic mass is 9.88. The number of rotatable bonds is 3. The molecular formula is C16H23NO2. The number of hydrogen-bond acceptors (Lipinski definition) is 2. The minimum atomic E-state index is -0.0874. The number of nitrogens with zero attached hydrogens (tertiary/aromatic N) is 1. The molecule has 1 amide bonds. The third-order valence-corrected chi connectivity index (χ3v) is 4.27. The van der Waals surface area contributed by atoms with Gasteiger partial charge in [0, 0.05) is 18.5 Å². The Morgan fingerprint density at radius 1 is 1.26 bits per heavy atom. The van der Waals surface area contributed by atoms with Gasteiger partial charge < -0.3 is 10.0 Å². The van der Waals surface area contributed by atoms with E-state index < -0.39 is 0 Å². The second kappa shape index (κ2) is 6.09. The molecule has 19 heavy (non-hydrogen) atoms. The highest BCUT2D eigenvalue weighted by Crippen LogP contribution is 2.31. The highest BCUT2D eigenvalue weighted by Gasteiger charge is 2.27. The van der Waals surface area contributed by atoms with Crippen LogP contribution in [0.3, 0.4) is 0 Å². The highest BCUT2D eigenvalue weighted by atomic mass is 16.3. The van der Waals surface area contributed by atoms with Gasteiger partial charge in [0.15, 0.2) is 0 Å². The average Bonchev–Trinajstić information content (AvgIpc) is 2.46. The van der Waals surface area contributed by atoms with Crippen LogP contribution in [0, 0.1) is 5.92 Å². The Labute approximate surface area is 115 Å². The second-order valence-electron chi connectivity index (χ2n) is 5.52. The van der Waals surface area contributed by atoms with Crippen molar-refractivity contribution < 1.29 is 9.90 Å². The van der Waals surface area contributed by atoms with Crippen LogP contribution in [0.4, 0.5) is 0 Å². The van der Waals surface area contributed by atoms with E-state index in [9.17, 15) is 9.90 Å². The summed E-state index contributed by atoms with van der Waals surface area (Å²) < 4.78 is 0. The van der Waals surface area contributed by atoms with Gasteiger partial charge in [-0.05, 0) is 25.8 Å². The van der Waals surface area contributed by atoms with E-state index in [0.29, 0.717) is 0 Å². The largest absolute Gasteiger partial charge is 0.508 e. The first kappa shape index (κ1) is 13.9. The van der Waals surface area contributed by atoms with E-state index in [0.717, 1.165) is 31.2 Å². The fourth-order valence-electron chi connectivity index (χ4n) is 2.88. The number of phenols is 1. The highest BCUT2D eigenvalue weighted by molar-refractivity contribution is 5.79. The maximum atomic E-state index is 12.5. The number of benzene rings is 1. The van der Waals surface area contributed by atoms with Crippen molar-refractivity contribution in [3.8, 4) is 5.75 Å². The molecule has 1 N–H and O–H groups in total. The minimum absolute atomic E-state index is 0.0874. The monoisotopic (exact) mass is 261 g/mol. The quantitative estimate of drug-likeness (QED) is 0.904. The Hall–Kier alpha value is -1.51. The van der Waals surface area contributed by atoms with Crippen LogP contribution in [0.25, 0.3) is 0 Å². The average molecular weight is 261 g/mol. The molecule has 1 unspecified atom stereocenters. The summed E-state index contributed by atoms with van der Waals surface area (Å²) >= 11 is 0. The van der Waals surface area contributed by atoms with Gasteiger partial charge in [-0.25, -0.2) is 0 Å². The van der Waals surface area contributed by atoms with Gasteiger partial charge in [-0.2, -0.15) is 0 Å². The zero-order chi connectivity index (χ0) is 13.8. The minimum Gasteiger partial charge on any atom is -0.508 e. The van der Waals surface area contributed by atoms with Gasteiger partial charge in [0.05, 0.1) is 6.04 Å². The van der Waals surface area contributed by atoms with Gasteiger partial charge in [-0.15, -0.1) is 0 Å². The molecule has 2 rings (SSSR count). The number of carbonyl (C=O) groups excluding carboxylic acids is 1. The van der Waals surface area contributed by atoms with Crippen molar-refractivity contribution in [3.05, 3.63) is 29.8 Å². The lowest BCUT2D eigenvalue weighted by Crippen LogP contribution is -2.35. The molecule has 1 aromatic carbocycles. The van der Waals surface area contributed by atoms with Crippen molar-refractivity contribution in [2.75, 3.05) is 7.05 Å². The topological polar surface area (TPSA) is 40.5 Å². The summed E-state index contributed by atoms with van der Waals surface area (Å²) in [6.45, 7) is 1.97. The van der Waals surface area contributed by atoms with Gasteiger partial charge in [-0.3, -0.25) is 4.79 Å². The van der Waals surface area contributed by atoms with E-state index in [1.165, 1.54) is 6.42 Å². The lowest BCUT2D eigenvalue weighted by Gasteiger charge is -2.31. The van der Waals surface area contributed by atoms with Crippen LogP contribution in [-0.4, -0.2) is 23.0 Å². The van der Waals surface area contributed by atoms with Crippen LogP contribution >= 0.6 is 0 Å². The van der Waals surface area contributed by atoms with E-state index in [1.807, 2.05) is 26.1 Å². The molecule has 0 bridgehead atoms. The fourth-order valence-corrected chi connectivity index (χ4v) is 2.88. The van der Waals surface area contributed by atoms with Crippen molar-refractivity contribution in [1.29, 1.82) is 0 Å². The van der Waals surface area contributed by atoms with Gasteiger partial charge in [0.25, 0.3) is 0 Å². The van der Waals surface area contributed by atoms with E-state index >= 15 is 0 Å². The van der Waals surface area contributed by atoms with Gasteiger partial charge in [0.2, 0.25) is 5.91 Å². The van der Waals surface area contributed by atoms with Crippen LogP contribution in [-0.2, 0) is 4.79 Å². The number of carbonyl (C=O) groups is 1. The molecule has 1 atom stereocenters. The Bertz CT molecular complexity index is 438. The fraction of sp³-hybridized carbons (Fsp3) is 0.562. The number of para-hydroxylation sites is 1. The normalized spacial score (nSPS) is 18.0. The summed E-state index contributed by atoms with van der Waals surface area (Å²) in [5.74, 6) is 0.654. The van der Waals surface area contributed by atoms with E-state index in [2.05, 4.69) is 0 Å². The molecule has 1 fully saturated rings. The molecule has 3 heteroatoms. The molecule has 1 aliphatic carbocycles. The SMILES string of the molecule is CC(c1ccccc1O)N(C)C(=O)C1CCCCC1. The molecule has 0 radical (unpaired) electrons. The van der Waals surface area contributed by atoms with Crippen molar-refractivity contribution in [1.82, 2.24) is 4.90 Å². The van der Waals surface area contributed by atoms with Crippen molar-refractivity contribution in [2.45, 2.75) is 45.1 Å². The van der Waals surface area contributed by atoms with Gasteiger partial charge in [-0.1, -0.05) is 37.5 Å². The summed E-state index contributed by atoms with van der Waals surface area (Å²) in [4.78, 5) is 14.3.